The molecule has 1 aliphatic rings. The summed E-state index contributed by atoms with van der Waals surface area (Å²) in [4.78, 5) is 25.3. The number of aromatic nitrogens is 2. The molecule has 25 heavy (non-hydrogen) atoms. The van der Waals surface area contributed by atoms with Gasteiger partial charge in [0, 0.05) is 6.20 Å². The second-order valence-corrected chi connectivity index (χ2v) is 7.67. The normalized spacial score (nSPS) is 19.3. The van der Waals surface area contributed by atoms with Crippen molar-refractivity contribution in [2.24, 2.45) is 5.92 Å². The Labute approximate surface area is 147 Å². The van der Waals surface area contributed by atoms with Crippen LogP contribution in [0.4, 0.5) is 4.79 Å². The highest BCUT2D eigenvalue weighted by Gasteiger charge is 2.36. The minimum atomic E-state index is -0.921. The predicted octanol–water partition coefficient (Wildman–Crippen LogP) is 2.82. The lowest BCUT2D eigenvalue weighted by molar-refractivity contribution is -0.141. The van der Waals surface area contributed by atoms with Gasteiger partial charge in [0.05, 0.1) is 12.3 Å². The molecule has 1 saturated heterocycles. The monoisotopic (exact) mass is 353 g/mol. The van der Waals surface area contributed by atoms with E-state index in [1.807, 2.05) is 13.8 Å². The Hall–Kier alpha value is -2.09. The first-order chi connectivity index (χ1) is 11.6. The van der Waals surface area contributed by atoms with Crippen molar-refractivity contribution in [2.45, 2.75) is 58.7 Å². The summed E-state index contributed by atoms with van der Waals surface area (Å²) in [6.07, 6.45) is 1.65. The molecule has 1 aromatic heterocycles. The number of ether oxygens (including phenoxy) is 2. The molecular formula is C17H27N3O5. The first-order valence-corrected chi connectivity index (χ1v) is 8.43. The van der Waals surface area contributed by atoms with E-state index >= 15 is 0 Å². The maximum Gasteiger partial charge on any atom is 0.412 e. The average Bonchev–Trinajstić information content (AvgIpc) is 3.10. The topological polar surface area (TPSA) is 93.9 Å². The van der Waals surface area contributed by atoms with E-state index < -0.39 is 23.7 Å². The molecule has 1 N–H and O–H groups in total. The third-order valence-electron chi connectivity index (χ3n) is 3.78. The van der Waals surface area contributed by atoms with Crippen LogP contribution >= 0.6 is 0 Å². The Morgan fingerprint density at radius 3 is 2.68 bits per heavy atom. The zero-order valence-electron chi connectivity index (χ0n) is 15.4. The number of nitrogens with zero attached hydrogens (tertiary/aromatic N) is 3. The number of carboxylic acid groups (broad SMARTS) is 1. The van der Waals surface area contributed by atoms with Crippen LogP contribution in [0.15, 0.2) is 12.3 Å². The van der Waals surface area contributed by atoms with Crippen LogP contribution in [-0.4, -0.2) is 50.8 Å². The van der Waals surface area contributed by atoms with Crippen LogP contribution in [0, 0.1) is 5.92 Å². The van der Waals surface area contributed by atoms with E-state index in [0.717, 1.165) is 0 Å². The van der Waals surface area contributed by atoms with Crippen molar-refractivity contribution >= 4 is 12.1 Å². The summed E-state index contributed by atoms with van der Waals surface area (Å²) in [5.74, 6) is -0.697. The zero-order chi connectivity index (χ0) is 18.8. The van der Waals surface area contributed by atoms with Crippen LogP contribution in [0.2, 0.25) is 0 Å². The molecule has 2 heterocycles. The SMILES string of the molecule is CC(C)C[C@@H](C(=O)O)n1ccc([C@@H]2COCN2C(=O)OC(C)(C)C)n1. The largest absolute Gasteiger partial charge is 0.480 e. The fraction of sp³-hybridized carbons (Fsp3) is 0.706. The second kappa shape index (κ2) is 7.43. The van der Waals surface area contributed by atoms with Crippen LogP contribution in [0.1, 0.15) is 58.8 Å². The molecule has 0 spiro atoms. The van der Waals surface area contributed by atoms with Gasteiger partial charge in [-0.15, -0.1) is 0 Å². The summed E-state index contributed by atoms with van der Waals surface area (Å²) < 4.78 is 12.2. The summed E-state index contributed by atoms with van der Waals surface area (Å²) in [5.41, 5.74) is -0.00623. The molecule has 8 heteroatoms. The summed E-state index contributed by atoms with van der Waals surface area (Å²) in [6.45, 7) is 9.77. The van der Waals surface area contributed by atoms with Gasteiger partial charge in [-0.05, 0) is 39.2 Å². The highest BCUT2D eigenvalue weighted by Crippen LogP contribution is 2.28. The fourth-order valence-corrected chi connectivity index (χ4v) is 2.66. The highest BCUT2D eigenvalue weighted by molar-refractivity contribution is 5.71. The number of aliphatic carboxylic acids is 1. The Morgan fingerprint density at radius 2 is 2.12 bits per heavy atom. The first kappa shape index (κ1) is 19.2. The van der Waals surface area contributed by atoms with Gasteiger partial charge < -0.3 is 14.6 Å². The van der Waals surface area contributed by atoms with E-state index in [2.05, 4.69) is 5.10 Å². The van der Waals surface area contributed by atoms with Crippen LogP contribution in [0.25, 0.3) is 0 Å². The van der Waals surface area contributed by atoms with Gasteiger partial charge in [0.1, 0.15) is 24.4 Å². The van der Waals surface area contributed by atoms with Gasteiger partial charge in [0.25, 0.3) is 0 Å². The molecule has 8 nitrogen and oxygen atoms in total. The van der Waals surface area contributed by atoms with Crippen molar-refractivity contribution in [3.63, 3.8) is 0 Å². The van der Waals surface area contributed by atoms with Gasteiger partial charge in [-0.2, -0.15) is 5.10 Å². The Balaban J connectivity index is 2.17. The lowest BCUT2D eigenvalue weighted by atomic mass is 10.0. The van der Waals surface area contributed by atoms with Gasteiger partial charge in [0.15, 0.2) is 0 Å². The molecule has 2 atom stereocenters. The van der Waals surface area contributed by atoms with Gasteiger partial charge in [0.2, 0.25) is 0 Å². The van der Waals surface area contributed by atoms with Crippen molar-refractivity contribution in [2.75, 3.05) is 13.3 Å². The molecule has 1 fully saturated rings. The van der Waals surface area contributed by atoms with Crippen molar-refractivity contribution in [3.05, 3.63) is 18.0 Å². The molecule has 140 valence electrons. The van der Waals surface area contributed by atoms with E-state index in [0.29, 0.717) is 18.7 Å². The van der Waals surface area contributed by atoms with E-state index in [1.165, 1.54) is 9.58 Å². The average molecular weight is 353 g/mol. The number of amides is 1. The van der Waals surface area contributed by atoms with E-state index in [4.69, 9.17) is 9.47 Å². The molecule has 0 aromatic carbocycles. The predicted molar refractivity (Wildman–Crippen MR) is 90.0 cm³/mol. The van der Waals surface area contributed by atoms with E-state index in [-0.39, 0.29) is 18.7 Å². The Bertz CT molecular complexity index is 620. The molecule has 0 saturated carbocycles. The zero-order valence-corrected chi connectivity index (χ0v) is 15.4. The van der Waals surface area contributed by atoms with Gasteiger partial charge in [-0.25, -0.2) is 9.59 Å². The molecule has 1 aliphatic heterocycles. The number of rotatable bonds is 5. The second-order valence-electron chi connectivity index (χ2n) is 7.67. The van der Waals surface area contributed by atoms with Gasteiger partial charge in [-0.1, -0.05) is 13.8 Å². The summed E-state index contributed by atoms with van der Waals surface area (Å²) >= 11 is 0. The molecule has 0 aliphatic carbocycles. The van der Waals surface area contributed by atoms with Gasteiger partial charge >= 0.3 is 12.1 Å². The summed E-state index contributed by atoms with van der Waals surface area (Å²) in [5, 5.41) is 13.9. The highest BCUT2D eigenvalue weighted by atomic mass is 16.6. The first-order valence-electron chi connectivity index (χ1n) is 8.43. The third-order valence-corrected chi connectivity index (χ3v) is 3.78. The Kier molecular flexibility index (Phi) is 5.72. The number of carboxylic acids is 1. The maximum absolute atomic E-state index is 12.3. The minimum Gasteiger partial charge on any atom is -0.480 e. The number of hydrogen-bond donors (Lipinski definition) is 1. The molecule has 1 aromatic rings. The third kappa shape index (κ3) is 4.94. The molecule has 1 amide bonds. The number of carbonyl (C=O) groups excluding carboxylic acids is 1. The van der Waals surface area contributed by atoms with Crippen molar-refractivity contribution in [1.29, 1.82) is 0 Å². The molecule has 2 rings (SSSR count). The van der Waals surface area contributed by atoms with E-state index in [9.17, 15) is 14.7 Å². The van der Waals surface area contributed by atoms with Crippen LogP contribution in [0.5, 0.6) is 0 Å². The fourth-order valence-electron chi connectivity index (χ4n) is 2.66. The molecule has 0 bridgehead atoms. The van der Waals surface area contributed by atoms with Gasteiger partial charge in [-0.3, -0.25) is 9.58 Å². The number of hydrogen-bond acceptors (Lipinski definition) is 5. The van der Waals surface area contributed by atoms with Crippen molar-refractivity contribution < 1.29 is 24.2 Å². The Morgan fingerprint density at radius 1 is 1.44 bits per heavy atom. The molecule has 0 unspecified atom stereocenters. The van der Waals surface area contributed by atoms with Crippen LogP contribution in [0.3, 0.4) is 0 Å². The van der Waals surface area contributed by atoms with Crippen molar-refractivity contribution in [1.82, 2.24) is 14.7 Å². The molecular weight excluding hydrogens is 326 g/mol. The smallest absolute Gasteiger partial charge is 0.412 e. The minimum absolute atomic E-state index is 0.126. The van der Waals surface area contributed by atoms with Crippen LogP contribution in [-0.2, 0) is 14.3 Å². The maximum atomic E-state index is 12.3. The lowest BCUT2D eigenvalue weighted by Gasteiger charge is -2.26. The standard InChI is InChI=1S/C17H27N3O5/c1-11(2)8-13(15(21)22)20-7-6-12(18-20)14-9-24-10-19(14)16(23)25-17(3,4)5/h6-7,11,13-14H,8-10H2,1-5H3,(H,21,22)/t13-,14-/m0/s1. The summed E-state index contributed by atoms with van der Waals surface area (Å²) in [6, 6.07) is 0.614. The lowest BCUT2D eigenvalue weighted by Crippen LogP contribution is -2.37. The summed E-state index contributed by atoms with van der Waals surface area (Å²) in [7, 11) is 0. The quantitative estimate of drug-likeness (QED) is 0.875. The number of carbonyl (C=O) groups is 2. The van der Waals surface area contributed by atoms with E-state index in [1.54, 1.807) is 33.0 Å². The van der Waals surface area contributed by atoms with Crippen LogP contribution < -0.4 is 0 Å². The molecule has 0 radical (unpaired) electrons. The van der Waals surface area contributed by atoms with Crippen molar-refractivity contribution in [3.8, 4) is 0 Å².